The lowest BCUT2D eigenvalue weighted by molar-refractivity contribution is 0.666. The van der Waals surface area contributed by atoms with Gasteiger partial charge in [0.2, 0.25) is 0 Å². The predicted octanol–water partition coefficient (Wildman–Crippen LogP) is 3.77. The number of hydrogen-bond donors (Lipinski definition) is 0. The van der Waals surface area contributed by atoms with Crippen LogP contribution in [0.15, 0.2) is 40.8 Å². The smallest absolute Gasteiger partial charge is 0.138 e. The SMILES string of the molecule is Cc1cccc2c1oc1cccc(C#N)c12. The Hall–Kier alpha value is -2.27. The van der Waals surface area contributed by atoms with E-state index in [-0.39, 0.29) is 0 Å². The fourth-order valence-corrected chi connectivity index (χ4v) is 2.08. The van der Waals surface area contributed by atoms with Gasteiger partial charge in [-0.1, -0.05) is 24.3 Å². The summed E-state index contributed by atoms with van der Waals surface area (Å²) in [6.45, 7) is 2.01. The fourth-order valence-electron chi connectivity index (χ4n) is 2.08. The summed E-state index contributed by atoms with van der Waals surface area (Å²) in [6.07, 6.45) is 0. The standard InChI is InChI=1S/C14H9NO/c1-9-4-2-6-11-13-10(8-15)5-3-7-12(13)16-14(9)11/h2-7H,1H3. The number of aryl methyl sites for hydroxylation is 1. The van der Waals surface area contributed by atoms with Gasteiger partial charge in [-0.15, -0.1) is 0 Å². The first kappa shape index (κ1) is 8.99. The second-order valence-corrected chi connectivity index (χ2v) is 3.84. The molecule has 3 aromatic rings. The molecule has 76 valence electrons. The van der Waals surface area contributed by atoms with Gasteiger partial charge in [-0.05, 0) is 24.6 Å². The van der Waals surface area contributed by atoms with E-state index in [1.165, 1.54) is 0 Å². The zero-order valence-electron chi connectivity index (χ0n) is 8.82. The van der Waals surface area contributed by atoms with Gasteiger partial charge >= 0.3 is 0 Å². The van der Waals surface area contributed by atoms with Crippen LogP contribution in [0.1, 0.15) is 11.1 Å². The Morgan fingerprint density at radius 2 is 1.94 bits per heavy atom. The van der Waals surface area contributed by atoms with Gasteiger partial charge in [0.25, 0.3) is 0 Å². The summed E-state index contributed by atoms with van der Waals surface area (Å²) in [7, 11) is 0. The first-order valence-electron chi connectivity index (χ1n) is 5.12. The van der Waals surface area contributed by atoms with Crippen molar-refractivity contribution in [1.29, 1.82) is 5.26 Å². The van der Waals surface area contributed by atoms with Crippen LogP contribution >= 0.6 is 0 Å². The molecule has 0 saturated heterocycles. The summed E-state index contributed by atoms with van der Waals surface area (Å²) in [6, 6.07) is 13.8. The summed E-state index contributed by atoms with van der Waals surface area (Å²) in [5.41, 5.74) is 3.42. The Morgan fingerprint density at radius 1 is 1.12 bits per heavy atom. The number of rotatable bonds is 0. The molecule has 0 amide bonds. The second-order valence-electron chi connectivity index (χ2n) is 3.84. The zero-order valence-corrected chi connectivity index (χ0v) is 8.82. The van der Waals surface area contributed by atoms with Crippen LogP contribution in [0.4, 0.5) is 0 Å². The van der Waals surface area contributed by atoms with E-state index >= 15 is 0 Å². The van der Waals surface area contributed by atoms with Crippen molar-refractivity contribution in [2.75, 3.05) is 0 Å². The average molecular weight is 207 g/mol. The van der Waals surface area contributed by atoms with Crippen molar-refractivity contribution < 1.29 is 4.42 Å². The maximum absolute atomic E-state index is 9.09. The number of fused-ring (bicyclic) bond motifs is 3. The minimum atomic E-state index is 0.668. The van der Waals surface area contributed by atoms with E-state index in [9.17, 15) is 0 Å². The number of nitriles is 1. The lowest BCUT2D eigenvalue weighted by Gasteiger charge is -1.93. The molecule has 0 aliphatic carbocycles. The number of furan rings is 1. The Balaban J connectivity index is 2.64. The molecule has 3 rings (SSSR count). The monoisotopic (exact) mass is 207 g/mol. The van der Waals surface area contributed by atoms with Gasteiger partial charge in [0.15, 0.2) is 0 Å². The third-order valence-electron chi connectivity index (χ3n) is 2.84. The van der Waals surface area contributed by atoms with Gasteiger partial charge in [-0.3, -0.25) is 0 Å². The predicted molar refractivity (Wildman–Crippen MR) is 63.2 cm³/mol. The molecule has 2 aromatic carbocycles. The van der Waals surface area contributed by atoms with Crippen LogP contribution in [-0.2, 0) is 0 Å². The minimum Gasteiger partial charge on any atom is -0.456 e. The average Bonchev–Trinajstić information content (AvgIpc) is 2.69. The minimum absolute atomic E-state index is 0.668. The van der Waals surface area contributed by atoms with Crippen LogP contribution in [-0.4, -0.2) is 0 Å². The van der Waals surface area contributed by atoms with Gasteiger partial charge < -0.3 is 4.42 Å². The van der Waals surface area contributed by atoms with E-state index in [1.807, 2.05) is 43.3 Å². The van der Waals surface area contributed by atoms with Gasteiger partial charge in [-0.2, -0.15) is 5.26 Å². The van der Waals surface area contributed by atoms with Crippen molar-refractivity contribution in [2.45, 2.75) is 6.92 Å². The van der Waals surface area contributed by atoms with Crippen LogP contribution in [0.3, 0.4) is 0 Å². The number of benzene rings is 2. The highest BCUT2D eigenvalue weighted by Gasteiger charge is 2.11. The van der Waals surface area contributed by atoms with Crippen molar-refractivity contribution in [3.63, 3.8) is 0 Å². The first-order valence-corrected chi connectivity index (χ1v) is 5.12. The molecule has 0 unspecified atom stereocenters. The normalized spacial score (nSPS) is 10.8. The number of hydrogen-bond acceptors (Lipinski definition) is 2. The molecule has 0 aliphatic heterocycles. The summed E-state index contributed by atoms with van der Waals surface area (Å²) >= 11 is 0. The molecule has 0 N–H and O–H groups in total. The van der Waals surface area contributed by atoms with Gasteiger partial charge in [-0.25, -0.2) is 0 Å². The molecule has 1 heterocycles. The lowest BCUT2D eigenvalue weighted by atomic mass is 10.1. The van der Waals surface area contributed by atoms with E-state index < -0.39 is 0 Å². The van der Waals surface area contributed by atoms with E-state index in [0.717, 1.165) is 27.5 Å². The summed E-state index contributed by atoms with van der Waals surface area (Å²) in [5.74, 6) is 0. The van der Waals surface area contributed by atoms with Crippen molar-refractivity contribution in [2.24, 2.45) is 0 Å². The highest BCUT2D eigenvalue weighted by Crippen LogP contribution is 2.32. The van der Waals surface area contributed by atoms with Crippen molar-refractivity contribution in [3.05, 3.63) is 47.5 Å². The summed E-state index contributed by atoms with van der Waals surface area (Å²) in [4.78, 5) is 0. The maximum atomic E-state index is 9.09. The molecule has 2 nitrogen and oxygen atoms in total. The van der Waals surface area contributed by atoms with E-state index in [1.54, 1.807) is 0 Å². The van der Waals surface area contributed by atoms with Crippen LogP contribution < -0.4 is 0 Å². The van der Waals surface area contributed by atoms with Gasteiger partial charge in [0.05, 0.1) is 11.6 Å². The van der Waals surface area contributed by atoms with Crippen LogP contribution in [0, 0.1) is 18.3 Å². The Morgan fingerprint density at radius 3 is 2.75 bits per heavy atom. The first-order chi connectivity index (χ1) is 7.81. The van der Waals surface area contributed by atoms with Crippen molar-refractivity contribution >= 4 is 21.9 Å². The van der Waals surface area contributed by atoms with E-state index in [2.05, 4.69) is 6.07 Å². The summed E-state index contributed by atoms with van der Waals surface area (Å²) in [5, 5.41) is 11.0. The molecule has 0 bridgehead atoms. The van der Waals surface area contributed by atoms with Crippen LogP contribution in [0.2, 0.25) is 0 Å². The Bertz CT molecular complexity index is 731. The van der Waals surface area contributed by atoms with Crippen molar-refractivity contribution in [3.8, 4) is 6.07 Å². The molecule has 1 aromatic heterocycles. The van der Waals surface area contributed by atoms with Gasteiger partial charge in [0, 0.05) is 10.8 Å². The highest BCUT2D eigenvalue weighted by atomic mass is 16.3. The number of para-hydroxylation sites is 1. The van der Waals surface area contributed by atoms with E-state index in [0.29, 0.717) is 5.56 Å². The second kappa shape index (κ2) is 3.11. The summed E-state index contributed by atoms with van der Waals surface area (Å²) < 4.78 is 5.77. The zero-order chi connectivity index (χ0) is 11.1. The molecule has 0 aliphatic rings. The molecule has 0 saturated carbocycles. The lowest BCUT2D eigenvalue weighted by Crippen LogP contribution is -1.75. The molecular weight excluding hydrogens is 198 g/mol. The van der Waals surface area contributed by atoms with Crippen LogP contribution in [0.5, 0.6) is 0 Å². The quantitative estimate of drug-likeness (QED) is 0.562. The number of nitrogens with zero attached hydrogens (tertiary/aromatic N) is 1. The largest absolute Gasteiger partial charge is 0.456 e. The Kier molecular flexibility index (Phi) is 1.75. The molecule has 0 radical (unpaired) electrons. The topological polar surface area (TPSA) is 36.9 Å². The third kappa shape index (κ3) is 1.06. The Labute approximate surface area is 92.7 Å². The van der Waals surface area contributed by atoms with Crippen LogP contribution in [0.25, 0.3) is 21.9 Å². The highest BCUT2D eigenvalue weighted by molar-refractivity contribution is 6.08. The van der Waals surface area contributed by atoms with Crippen molar-refractivity contribution in [1.82, 2.24) is 0 Å². The molecule has 0 atom stereocenters. The van der Waals surface area contributed by atoms with Gasteiger partial charge in [0.1, 0.15) is 11.2 Å². The molecular formula is C14H9NO. The molecule has 0 fully saturated rings. The maximum Gasteiger partial charge on any atom is 0.138 e. The molecule has 2 heteroatoms. The van der Waals surface area contributed by atoms with E-state index in [4.69, 9.17) is 9.68 Å². The molecule has 0 spiro atoms. The fraction of sp³-hybridized carbons (Fsp3) is 0.0714. The molecule has 16 heavy (non-hydrogen) atoms. The third-order valence-corrected chi connectivity index (χ3v) is 2.84.